The number of likely N-dealkylation sites (tertiary alicyclic amines) is 1. The van der Waals surface area contributed by atoms with Crippen LogP contribution in [0.2, 0.25) is 0 Å². The van der Waals surface area contributed by atoms with Gasteiger partial charge in [0.05, 0.1) is 6.61 Å². The van der Waals surface area contributed by atoms with E-state index in [9.17, 15) is 58.2 Å². The molecule has 0 aliphatic carbocycles. The van der Waals surface area contributed by atoms with Crippen molar-refractivity contribution in [3.8, 4) is 0 Å². The van der Waals surface area contributed by atoms with Gasteiger partial charge in [0.1, 0.15) is 60.4 Å². The van der Waals surface area contributed by atoms with Gasteiger partial charge in [-0.1, -0.05) is 71.9 Å². The fourth-order valence-corrected chi connectivity index (χ4v) is 8.77. The molecule has 1 aliphatic heterocycles. The summed E-state index contributed by atoms with van der Waals surface area (Å²) in [6.07, 6.45) is 1.02. The number of guanidine groups is 3. The Balaban J connectivity index is 2.38. The Labute approximate surface area is 489 Å². The van der Waals surface area contributed by atoms with E-state index < -0.39 is 144 Å². The first-order chi connectivity index (χ1) is 39.5. The van der Waals surface area contributed by atoms with Gasteiger partial charge in [0.15, 0.2) is 17.9 Å². The highest BCUT2D eigenvalue weighted by Crippen LogP contribution is 2.21. The van der Waals surface area contributed by atoms with E-state index in [1.54, 1.807) is 71.9 Å². The second-order valence-corrected chi connectivity index (χ2v) is 21.5. The van der Waals surface area contributed by atoms with Crippen LogP contribution in [0.3, 0.4) is 0 Å². The zero-order chi connectivity index (χ0) is 63.4. The molecule has 0 saturated carbocycles. The van der Waals surface area contributed by atoms with Crippen molar-refractivity contribution >= 4 is 77.0 Å². The smallest absolute Gasteiger partial charge is 0.326 e. The van der Waals surface area contributed by atoms with E-state index in [1.165, 1.54) is 11.8 Å². The van der Waals surface area contributed by atoms with E-state index in [0.29, 0.717) is 12.0 Å². The van der Waals surface area contributed by atoms with Crippen molar-refractivity contribution in [1.29, 1.82) is 0 Å². The third-order valence-corrected chi connectivity index (χ3v) is 13.5. The molecule has 1 saturated heterocycles. The zero-order valence-electron chi connectivity index (χ0n) is 49.1. The van der Waals surface area contributed by atoms with Crippen LogP contribution in [-0.4, -0.2) is 185 Å². The fourth-order valence-electron chi connectivity index (χ4n) is 8.77. The summed E-state index contributed by atoms with van der Waals surface area (Å²) in [6, 6.07) is -4.17. The Hall–Kier alpha value is -8.35. The molecule has 2 rings (SSSR count). The third-order valence-electron chi connectivity index (χ3n) is 13.5. The van der Waals surface area contributed by atoms with Crippen molar-refractivity contribution < 1.29 is 58.2 Å². The number of nitrogens with two attached hydrogens (primary N) is 7. The number of aliphatic hydroxyl groups excluding tert-OH is 1. The van der Waals surface area contributed by atoms with Crippen LogP contribution in [0.25, 0.3) is 0 Å². The molecule has 84 heavy (non-hydrogen) atoms. The van der Waals surface area contributed by atoms with Crippen LogP contribution in [0.5, 0.6) is 0 Å². The molecule has 31 nitrogen and oxygen atoms in total. The van der Waals surface area contributed by atoms with E-state index in [1.807, 2.05) is 0 Å². The minimum atomic E-state index is -1.36. The highest BCUT2D eigenvalue weighted by molar-refractivity contribution is 5.99. The van der Waals surface area contributed by atoms with Crippen molar-refractivity contribution in [3.05, 3.63) is 35.9 Å². The molecule has 31 heteroatoms. The number of amides is 9. The lowest BCUT2D eigenvalue weighted by molar-refractivity contribution is -0.143. The van der Waals surface area contributed by atoms with Crippen LogP contribution >= 0.6 is 0 Å². The number of aliphatic hydroxyl groups is 1. The standard InChI is InChI=1S/C53H91N19O12/c1-27(2)38(47(80)66-34(18-12-22-62-52(57)58)44(77)71-40(29(5)6)50(83)84)70-48(81)39(28(3)4)69-45(78)36(25-31-15-9-8-10-16-31)68-41(74)30(7)64-46(79)37-20-14-24-72(37)49(82)35(19-13-23-63-53(59)60)67-43(76)33(17-11-21-61-51(55)56)65-42(75)32(54)26-73/h8-10,15-16,27-30,32-40,73H,11-14,17-26,54H2,1-7H3,(H,64,79)(H,65,75)(H,66,80)(H,67,76)(H,68,74)(H,69,78)(H,70,81)(H,71,77)(H,83,84)(H4,55,56,61)(H4,57,58,62)(H4,59,60,63)/t30-,32-,33-,34-,35-,36-,37-,38-,39-,40-/m0/s1. The van der Waals surface area contributed by atoms with Gasteiger partial charge < -0.3 is 97.8 Å². The molecule has 0 unspecified atom stereocenters. The molecule has 24 N–H and O–H groups in total. The minimum Gasteiger partial charge on any atom is -0.480 e. The van der Waals surface area contributed by atoms with Gasteiger partial charge in [-0.2, -0.15) is 0 Å². The van der Waals surface area contributed by atoms with Gasteiger partial charge in [-0.3, -0.25) is 58.1 Å². The molecule has 10 atom stereocenters. The number of hydrogen-bond acceptors (Lipinski definition) is 15. The quantitative estimate of drug-likeness (QED) is 0.0169. The first-order valence-electron chi connectivity index (χ1n) is 28.0. The van der Waals surface area contributed by atoms with Crippen molar-refractivity contribution in [2.24, 2.45) is 72.9 Å². The zero-order valence-corrected chi connectivity index (χ0v) is 49.1. The maximum Gasteiger partial charge on any atom is 0.326 e. The average Bonchev–Trinajstić information content (AvgIpc) is 4.10. The molecule has 1 heterocycles. The fraction of sp³-hybridized carbons (Fsp3) is 0.642. The number of aliphatic imine (C=N–C) groups is 3. The summed E-state index contributed by atoms with van der Waals surface area (Å²) < 4.78 is 0. The minimum absolute atomic E-state index is 0.00815. The lowest BCUT2D eigenvalue weighted by Crippen LogP contribution is -2.61. The summed E-state index contributed by atoms with van der Waals surface area (Å²) in [7, 11) is 0. The largest absolute Gasteiger partial charge is 0.480 e. The number of benzene rings is 1. The van der Waals surface area contributed by atoms with E-state index in [2.05, 4.69) is 57.5 Å². The van der Waals surface area contributed by atoms with Crippen molar-refractivity contribution in [2.75, 3.05) is 32.8 Å². The predicted octanol–water partition coefficient (Wildman–Crippen LogP) is -5.35. The van der Waals surface area contributed by atoms with Crippen LogP contribution in [-0.2, 0) is 54.4 Å². The number of rotatable bonds is 36. The molecular weight excluding hydrogens is 1090 g/mol. The van der Waals surface area contributed by atoms with Crippen LogP contribution in [0.4, 0.5) is 0 Å². The summed E-state index contributed by atoms with van der Waals surface area (Å²) in [5.41, 5.74) is 39.1. The summed E-state index contributed by atoms with van der Waals surface area (Å²) in [5.74, 6) is -10.5. The van der Waals surface area contributed by atoms with Gasteiger partial charge in [0, 0.05) is 32.6 Å². The summed E-state index contributed by atoms with van der Waals surface area (Å²) in [6.45, 7) is 10.8. The Morgan fingerprint density at radius 1 is 0.536 bits per heavy atom. The van der Waals surface area contributed by atoms with Gasteiger partial charge in [-0.25, -0.2) is 4.79 Å². The molecule has 1 aromatic carbocycles. The number of carbonyl (C=O) groups is 10. The Bertz CT molecular complexity index is 2470. The molecule has 0 radical (unpaired) electrons. The highest BCUT2D eigenvalue weighted by atomic mass is 16.4. The molecule has 1 fully saturated rings. The van der Waals surface area contributed by atoms with Crippen molar-refractivity contribution in [3.63, 3.8) is 0 Å². The summed E-state index contributed by atoms with van der Waals surface area (Å²) >= 11 is 0. The maximum atomic E-state index is 14.4. The number of carboxylic acid groups (broad SMARTS) is 1. The number of nitrogens with zero attached hydrogens (tertiary/aromatic N) is 4. The summed E-state index contributed by atoms with van der Waals surface area (Å²) in [5, 5.41) is 40.2. The molecule has 9 amide bonds. The van der Waals surface area contributed by atoms with Gasteiger partial charge >= 0.3 is 5.97 Å². The van der Waals surface area contributed by atoms with Crippen LogP contribution < -0.4 is 82.7 Å². The Kier molecular flexibility index (Phi) is 31.0. The average molecular weight is 1190 g/mol. The van der Waals surface area contributed by atoms with Crippen LogP contribution in [0.1, 0.15) is 105 Å². The lowest BCUT2D eigenvalue weighted by Gasteiger charge is -2.31. The van der Waals surface area contributed by atoms with E-state index in [-0.39, 0.29) is 95.4 Å². The first-order valence-corrected chi connectivity index (χ1v) is 28.0. The van der Waals surface area contributed by atoms with Gasteiger partial charge in [-0.05, 0) is 81.6 Å². The number of hydrogen-bond donors (Lipinski definition) is 17. The highest BCUT2D eigenvalue weighted by Gasteiger charge is 2.40. The molecule has 1 aliphatic rings. The van der Waals surface area contributed by atoms with Gasteiger partial charge in [0.25, 0.3) is 0 Å². The number of carbonyl (C=O) groups excluding carboxylic acids is 9. The van der Waals surface area contributed by atoms with Crippen LogP contribution in [0, 0.1) is 17.8 Å². The van der Waals surface area contributed by atoms with E-state index in [0.717, 1.165) is 0 Å². The van der Waals surface area contributed by atoms with Gasteiger partial charge in [-0.15, -0.1) is 0 Å². The third kappa shape index (κ3) is 25.0. The molecule has 0 spiro atoms. The van der Waals surface area contributed by atoms with Crippen molar-refractivity contribution in [1.82, 2.24) is 47.4 Å². The number of nitrogens with one attached hydrogen (secondary N) is 8. The lowest BCUT2D eigenvalue weighted by atomic mass is 9.98. The van der Waals surface area contributed by atoms with Crippen molar-refractivity contribution in [2.45, 2.75) is 167 Å². The molecule has 0 bridgehead atoms. The number of carboxylic acids is 1. The van der Waals surface area contributed by atoms with Crippen LogP contribution in [0.15, 0.2) is 45.3 Å². The van der Waals surface area contributed by atoms with E-state index in [4.69, 9.17) is 40.1 Å². The molecule has 0 aromatic heterocycles. The predicted molar refractivity (Wildman–Crippen MR) is 313 cm³/mol. The van der Waals surface area contributed by atoms with Gasteiger partial charge in [0.2, 0.25) is 53.2 Å². The second kappa shape index (κ2) is 36.3. The topological polar surface area (TPSA) is 530 Å². The molecular formula is C53H91N19O12. The normalized spacial score (nSPS) is 16.1. The summed E-state index contributed by atoms with van der Waals surface area (Å²) in [4.78, 5) is 150. The monoisotopic (exact) mass is 1190 g/mol. The Morgan fingerprint density at radius 3 is 1.40 bits per heavy atom. The SMILES string of the molecule is CC(C)[C@H](NC(=O)[C@H](CCCN=C(N)N)NC(=O)[C@@H](NC(=O)[C@@H](NC(=O)[C@H](Cc1ccccc1)NC(=O)[C@H](C)NC(=O)[C@@H]1CCCN1C(=O)[C@H](CCCN=C(N)N)NC(=O)[C@H](CCCN=C(N)N)NC(=O)[C@@H](N)CO)C(C)C)C(C)C)C(=O)O. The Morgan fingerprint density at radius 2 is 0.940 bits per heavy atom. The molecule has 470 valence electrons. The second-order valence-electron chi connectivity index (χ2n) is 21.5. The maximum absolute atomic E-state index is 14.4. The van der Waals surface area contributed by atoms with E-state index >= 15 is 0 Å². The number of aliphatic carboxylic acids is 1. The molecule has 1 aromatic rings. The first kappa shape index (κ1) is 71.8.